The van der Waals surface area contributed by atoms with Gasteiger partial charge in [0, 0.05) is 1.37 Å². The van der Waals surface area contributed by atoms with Crippen LogP contribution in [0.2, 0.25) is 0 Å². The monoisotopic (exact) mass is 215 g/mol. The molecule has 0 N–H and O–H groups in total. The summed E-state index contributed by atoms with van der Waals surface area (Å²) >= 11 is 0. The lowest BCUT2D eigenvalue weighted by Crippen LogP contribution is -1.80. The second-order valence-corrected chi connectivity index (χ2v) is 3.18. The Morgan fingerprint density at radius 3 is 1.88 bits per heavy atom. The van der Waals surface area contributed by atoms with Crippen LogP contribution in [0.3, 0.4) is 0 Å². The average Bonchev–Trinajstić information content (AvgIpc) is 2.45. The topological polar surface area (TPSA) is 0 Å². The molecule has 0 aromatic heterocycles. The van der Waals surface area contributed by atoms with E-state index in [4.69, 9.17) is 1.37 Å². The van der Waals surface area contributed by atoms with Crippen LogP contribution in [0.4, 0.5) is 0 Å². The van der Waals surface area contributed by atoms with Gasteiger partial charge in [-0.15, -0.1) is 0 Å². The number of benzene rings is 2. The van der Waals surface area contributed by atoms with E-state index in [2.05, 4.69) is 55.5 Å². The van der Waals surface area contributed by atoms with Crippen LogP contribution in [0.5, 0.6) is 0 Å². The van der Waals surface area contributed by atoms with Gasteiger partial charge in [-0.3, -0.25) is 0 Å². The Hall–Kier alpha value is -1.56. The van der Waals surface area contributed by atoms with Crippen molar-refractivity contribution in [2.24, 2.45) is 0 Å². The molecule has 0 unspecified atom stereocenters. The molecule has 0 aliphatic rings. The van der Waals surface area contributed by atoms with Gasteiger partial charge in [-0.05, 0) is 23.6 Å². The average molecular weight is 215 g/mol. The number of hydrogen-bond donors (Lipinski definition) is 0. The lowest BCUT2D eigenvalue weighted by Gasteiger charge is -2.04. The molecule has 0 bridgehead atoms. The smallest absolute Gasteiger partial charge is 0.0194 e. The van der Waals surface area contributed by atoms with E-state index in [0.717, 1.165) is 0 Å². The van der Waals surface area contributed by atoms with Crippen LogP contribution < -0.4 is 0 Å². The Labute approximate surface area is 101 Å². The number of hydrogen-bond acceptors (Lipinski definition) is 0. The molecule has 0 fully saturated rings. The SMILES string of the molecule is CC.Cc1ccccc1-c1ccccc1.[2H]C. The highest BCUT2D eigenvalue weighted by molar-refractivity contribution is 5.66. The summed E-state index contributed by atoms with van der Waals surface area (Å²) in [6.07, 6.45) is 0. The van der Waals surface area contributed by atoms with Crippen molar-refractivity contribution in [1.82, 2.24) is 0 Å². The summed E-state index contributed by atoms with van der Waals surface area (Å²) in [7, 11) is 1.25. The predicted molar refractivity (Wildman–Crippen MR) is 74.7 cm³/mol. The van der Waals surface area contributed by atoms with Gasteiger partial charge in [0.05, 0.1) is 0 Å². The molecule has 0 heterocycles. The summed E-state index contributed by atoms with van der Waals surface area (Å²) in [6.45, 7) is 6.14. The normalized spacial score (nSPS) is 8.88. The zero-order valence-electron chi connectivity index (χ0n) is 11.7. The van der Waals surface area contributed by atoms with Crippen LogP contribution >= 0.6 is 0 Å². The molecule has 2 rings (SSSR count). The van der Waals surface area contributed by atoms with Crippen molar-refractivity contribution in [2.75, 3.05) is 0 Å². The Morgan fingerprint density at radius 2 is 1.31 bits per heavy atom. The first-order valence-electron chi connectivity index (χ1n) is 6.49. The van der Waals surface area contributed by atoms with Crippen LogP contribution in [0.1, 0.15) is 28.2 Å². The summed E-state index contributed by atoms with van der Waals surface area (Å²) in [5, 5.41) is 0. The van der Waals surface area contributed by atoms with Crippen molar-refractivity contribution in [2.45, 2.75) is 28.2 Å². The lowest BCUT2D eigenvalue weighted by atomic mass is 10.0. The van der Waals surface area contributed by atoms with Crippen molar-refractivity contribution in [3.8, 4) is 11.1 Å². The standard InChI is InChI=1S/C13H12.C2H6.CH4/c1-11-7-5-6-10-13(11)12-8-3-2-4-9-12;1-2;/h2-10H,1H3;1-2H3;1H4/i;;1D. The molecule has 0 spiro atoms. The Morgan fingerprint density at radius 1 is 0.812 bits per heavy atom. The molecular formula is C16H22. The van der Waals surface area contributed by atoms with E-state index in [9.17, 15) is 0 Å². The maximum atomic E-state index is 5.75. The fraction of sp³-hybridized carbons (Fsp3) is 0.250. The van der Waals surface area contributed by atoms with Crippen molar-refractivity contribution in [3.63, 3.8) is 0 Å². The van der Waals surface area contributed by atoms with Crippen LogP contribution in [-0.4, -0.2) is 0 Å². The fourth-order valence-corrected chi connectivity index (χ4v) is 1.51. The maximum Gasteiger partial charge on any atom is 0.0194 e. The van der Waals surface area contributed by atoms with Crippen molar-refractivity contribution in [1.29, 1.82) is 0 Å². The molecule has 0 nitrogen and oxygen atoms in total. The minimum atomic E-state index is 1.25. The quantitative estimate of drug-likeness (QED) is 0.603. The van der Waals surface area contributed by atoms with Crippen molar-refractivity contribution < 1.29 is 1.37 Å². The predicted octanol–water partition coefficient (Wildman–Crippen LogP) is 5.32. The second kappa shape index (κ2) is 7.70. The van der Waals surface area contributed by atoms with Crippen LogP contribution in [0.15, 0.2) is 54.6 Å². The van der Waals surface area contributed by atoms with Gasteiger partial charge < -0.3 is 0 Å². The molecule has 0 saturated carbocycles. The Balaban J connectivity index is 0.000000581. The molecule has 0 aliphatic carbocycles. The third-order valence-electron chi connectivity index (χ3n) is 2.23. The second-order valence-electron chi connectivity index (χ2n) is 3.18. The van der Waals surface area contributed by atoms with E-state index in [1.807, 2.05) is 19.9 Å². The number of rotatable bonds is 1. The van der Waals surface area contributed by atoms with Gasteiger partial charge in [-0.2, -0.15) is 0 Å². The molecule has 2 aromatic rings. The molecule has 0 amide bonds. The van der Waals surface area contributed by atoms with E-state index in [0.29, 0.717) is 0 Å². The third kappa shape index (κ3) is 3.54. The van der Waals surface area contributed by atoms with Gasteiger partial charge in [0.15, 0.2) is 0 Å². The Kier molecular flexibility index (Phi) is 6.02. The minimum absolute atomic E-state index is 1.25. The summed E-state index contributed by atoms with van der Waals surface area (Å²) in [5.41, 5.74) is 3.94. The minimum Gasteiger partial charge on any atom is -0.0776 e. The number of aryl methyl sites for hydroxylation is 1. The first-order chi connectivity index (χ1) is 8.38. The molecule has 0 atom stereocenters. The van der Waals surface area contributed by atoms with Crippen LogP contribution in [-0.2, 0) is 0 Å². The highest BCUT2D eigenvalue weighted by atomic mass is 14.0. The maximum absolute atomic E-state index is 5.75. The fourth-order valence-electron chi connectivity index (χ4n) is 1.51. The van der Waals surface area contributed by atoms with Crippen LogP contribution in [0, 0.1) is 6.92 Å². The molecule has 0 radical (unpaired) electrons. The van der Waals surface area contributed by atoms with Crippen molar-refractivity contribution in [3.05, 3.63) is 60.2 Å². The van der Waals surface area contributed by atoms with Gasteiger partial charge in [0.1, 0.15) is 0 Å². The van der Waals surface area contributed by atoms with E-state index in [-0.39, 0.29) is 0 Å². The first-order valence-corrected chi connectivity index (χ1v) is 5.49. The van der Waals surface area contributed by atoms with E-state index < -0.39 is 0 Å². The van der Waals surface area contributed by atoms with Crippen molar-refractivity contribution >= 4 is 0 Å². The zero-order valence-corrected chi connectivity index (χ0v) is 10.7. The molecule has 2 aromatic carbocycles. The van der Waals surface area contributed by atoms with Crippen LogP contribution in [0.25, 0.3) is 11.1 Å². The lowest BCUT2D eigenvalue weighted by molar-refractivity contribution is 1.46. The van der Waals surface area contributed by atoms with Gasteiger partial charge >= 0.3 is 0 Å². The summed E-state index contributed by atoms with van der Waals surface area (Å²) in [6, 6.07) is 18.9. The zero-order chi connectivity index (χ0) is 13.1. The van der Waals surface area contributed by atoms with E-state index >= 15 is 0 Å². The molecular weight excluding hydrogens is 192 g/mol. The summed E-state index contributed by atoms with van der Waals surface area (Å²) in [5.74, 6) is 0. The molecule has 0 heteroatoms. The summed E-state index contributed by atoms with van der Waals surface area (Å²) < 4.78 is 5.75. The third-order valence-corrected chi connectivity index (χ3v) is 2.23. The first kappa shape index (κ1) is 12.5. The Bertz CT molecular complexity index is 393. The van der Waals surface area contributed by atoms with E-state index in [1.54, 1.807) is 0 Å². The van der Waals surface area contributed by atoms with Gasteiger partial charge in [-0.25, -0.2) is 0 Å². The molecule has 86 valence electrons. The highest BCUT2D eigenvalue weighted by Gasteiger charge is 1.97. The summed E-state index contributed by atoms with van der Waals surface area (Å²) in [4.78, 5) is 0. The van der Waals surface area contributed by atoms with Gasteiger partial charge in [0.2, 0.25) is 0 Å². The molecule has 0 saturated heterocycles. The van der Waals surface area contributed by atoms with Gasteiger partial charge in [-0.1, -0.05) is 75.8 Å². The van der Waals surface area contributed by atoms with Gasteiger partial charge in [0.25, 0.3) is 0 Å². The molecule has 16 heavy (non-hydrogen) atoms. The molecule has 0 aliphatic heterocycles. The van der Waals surface area contributed by atoms with E-state index in [1.165, 1.54) is 24.1 Å². The highest BCUT2D eigenvalue weighted by Crippen LogP contribution is 2.21. The largest absolute Gasteiger partial charge is 0.0776 e.